The molecule has 13 heavy (non-hydrogen) atoms. The highest BCUT2D eigenvalue weighted by Crippen LogP contribution is 2.23. The third-order valence-electron chi connectivity index (χ3n) is 2.06. The van der Waals surface area contributed by atoms with Crippen molar-refractivity contribution in [2.24, 2.45) is 5.73 Å². The largest absolute Gasteiger partial charge is 0.508 e. The highest BCUT2D eigenvalue weighted by molar-refractivity contribution is 5.36. The maximum absolute atomic E-state index is 9.54. The van der Waals surface area contributed by atoms with E-state index in [-0.39, 0.29) is 5.75 Å². The second kappa shape index (κ2) is 4.25. The van der Waals surface area contributed by atoms with Crippen LogP contribution in [0.2, 0.25) is 0 Å². The summed E-state index contributed by atoms with van der Waals surface area (Å²) in [6, 6.07) is 5.16. The van der Waals surface area contributed by atoms with Crippen molar-refractivity contribution in [3.63, 3.8) is 0 Å². The van der Waals surface area contributed by atoms with Gasteiger partial charge < -0.3 is 15.9 Å². The number of phenolic OH excluding ortho intramolecular Hbond substituents is 1. The summed E-state index contributed by atoms with van der Waals surface area (Å²) in [6.45, 7) is 2.25. The van der Waals surface area contributed by atoms with E-state index in [4.69, 9.17) is 5.73 Å². The number of nitrogens with two attached hydrogens (primary N) is 1. The third-order valence-corrected chi connectivity index (χ3v) is 2.06. The summed E-state index contributed by atoms with van der Waals surface area (Å²) in [5, 5.41) is 18.9. The number of rotatable bonds is 3. The highest BCUT2D eigenvalue weighted by atomic mass is 16.3. The molecule has 0 radical (unpaired) electrons. The van der Waals surface area contributed by atoms with Crippen molar-refractivity contribution >= 4 is 0 Å². The second-order valence-electron chi connectivity index (χ2n) is 3.14. The summed E-state index contributed by atoms with van der Waals surface area (Å²) in [6.07, 6.45) is -0.0563. The van der Waals surface area contributed by atoms with Crippen LogP contribution in [0, 0.1) is 6.92 Å². The molecule has 0 aliphatic rings. The lowest BCUT2D eigenvalue weighted by molar-refractivity contribution is 0.170. The van der Waals surface area contributed by atoms with Crippen molar-refractivity contribution in [2.45, 2.75) is 19.4 Å². The van der Waals surface area contributed by atoms with Crippen molar-refractivity contribution in [3.05, 3.63) is 29.3 Å². The molecule has 0 spiro atoms. The Morgan fingerprint density at radius 3 is 2.69 bits per heavy atom. The number of benzene rings is 1. The van der Waals surface area contributed by atoms with Crippen LogP contribution in [0.15, 0.2) is 18.2 Å². The van der Waals surface area contributed by atoms with Crippen LogP contribution in [-0.2, 0) is 0 Å². The summed E-state index contributed by atoms with van der Waals surface area (Å²) in [7, 11) is 0. The molecule has 1 atom stereocenters. The fourth-order valence-corrected chi connectivity index (χ4v) is 1.16. The zero-order valence-electron chi connectivity index (χ0n) is 7.70. The van der Waals surface area contributed by atoms with Crippen molar-refractivity contribution in [3.8, 4) is 5.75 Å². The maximum Gasteiger partial charge on any atom is 0.118 e. The standard InChI is InChI=1S/C10H15NO2/c1-7-2-3-8(6-10(7)13)9(12)4-5-11/h2-3,6,9,12-13H,4-5,11H2,1H3/t9-/m0/s1. The molecule has 4 N–H and O–H groups in total. The van der Waals surface area contributed by atoms with Crippen LogP contribution in [0.5, 0.6) is 5.75 Å². The number of aryl methyl sites for hydroxylation is 1. The van der Waals surface area contributed by atoms with Crippen molar-refractivity contribution < 1.29 is 10.2 Å². The van der Waals surface area contributed by atoms with Crippen LogP contribution in [0.3, 0.4) is 0 Å². The predicted molar refractivity (Wildman–Crippen MR) is 51.5 cm³/mol. The van der Waals surface area contributed by atoms with E-state index in [1.54, 1.807) is 18.2 Å². The van der Waals surface area contributed by atoms with Gasteiger partial charge in [-0.25, -0.2) is 0 Å². The lowest BCUT2D eigenvalue weighted by atomic mass is 10.0. The summed E-state index contributed by atoms with van der Waals surface area (Å²) >= 11 is 0. The van der Waals surface area contributed by atoms with E-state index in [9.17, 15) is 10.2 Å². The van der Waals surface area contributed by atoms with Gasteiger partial charge in [0.05, 0.1) is 6.10 Å². The molecular weight excluding hydrogens is 166 g/mol. The molecule has 1 aromatic rings. The Hall–Kier alpha value is -1.06. The van der Waals surface area contributed by atoms with E-state index in [1.165, 1.54) is 0 Å². The van der Waals surface area contributed by atoms with E-state index in [2.05, 4.69) is 0 Å². The minimum Gasteiger partial charge on any atom is -0.508 e. The van der Waals surface area contributed by atoms with Gasteiger partial charge in [0, 0.05) is 0 Å². The zero-order chi connectivity index (χ0) is 9.84. The van der Waals surface area contributed by atoms with E-state index in [1.807, 2.05) is 6.92 Å². The molecule has 0 aliphatic carbocycles. The van der Waals surface area contributed by atoms with Crippen LogP contribution in [-0.4, -0.2) is 16.8 Å². The number of phenols is 1. The normalized spacial score (nSPS) is 12.8. The highest BCUT2D eigenvalue weighted by Gasteiger charge is 2.07. The van der Waals surface area contributed by atoms with Gasteiger partial charge in [-0.2, -0.15) is 0 Å². The van der Waals surface area contributed by atoms with Crippen LogP contribution >= 0.6 is 0 Å². The molecule has 3 heteroatoms. The van der Waals surface area contributed by atoms with Crippen LogP contribution in [0.25, 0.3) is 0 Å². The van der Waals surface area contributed by atoms with E-state index >= 15 is 0 Å². The SMILES string of the molecule is Cc1ccc([C@@H](O)CCN)cc1O. The van der Waals surface area contributed by atoms with Gasteiger partial charge in [0.1, 0.15) is 5.75 Å². The Kier molecular flexibility index (Phi) is 3.28. The molecule has 0 aliphatic heterocycles. The maximum atomic E-state index is 9.54. The van der Waals surface area contributed by atoms with Gasteiger partial charge in [-0.3, -0.25) is 0 Å². The fraction of sp³-hybridized carbons (Fsp3) is 0.400. The Morgan fingerprint density at radius 1 is 1.46 bits per heavy atom. The smallest absolute Gasteiger partial charge is 0.118 e. The lowest BCUT2D eigenvalue weighted by Gasteiger charge is -2.10. The van der Waals surface area contributed by atoms with Crippen molar-refractivity contribution in [2.75, 3.05) is 6.54 Å². The molecule has 0 bridgehead atoms. The molecule has 0 saturated carbocycles. The average Bonchev–Trinajstić information content (AvgIpc) is 2.10. The summed E-state index contributed by atoms with van der Waals surface area (Å²) < 4.78 is 0. The van der Waals surface area contributed by atoms with E-state index in [0.29, 0.717) is 18.5 Å². The fourth-order valence-electron chi connectivity index (χ4n) is 1.16. The molecule has 0 heterocycles. The Labute approximate surface area is 77.8 Å². The number of aromatic hydroxyl groups is 1. The molecule has 1 aromatic carbocycles. The van der Waals surface area contributed by atoms with Gasteiger partial charge in [0.2, 0.25) is 0 Å². The first-order chi connectivity index (χ1) is 6.15. The van der Waals surface area contributed by atoms with E-state index in [0.717, 1.165) is 5.56 Å². The average molecular weight is 181 g/mol. The van der Waals surface area contributed by atoms with Gasteiger partial charge in [-0.15, -0.1) is 0 Å². The van der Waals surface area contributed by atoms with Crippen LogP contribution in [0.4, 0.5) is 0 Å². The van der Waals surface area contributed by atoms with Gasteiger partial charge in [0.15, 0.2) is 0 Å². The second-order valence-corrected chi connectivity index (χ2v) is 3.14. The zero-order valence-corrected chi connectivity index (χ0v) is 7.70. The van der Waals surface area contributed by atoms with Crippen molar-refractivity contribution in [1.29, 1.82) is 0 Å². The minimum absolute atomic E-state index is 0.216. The lowest BCUT2D eigenvalue weighted by Crippen LogP contribution is -2.06. The number of aliphatic hydroxyl groups is 1. The molecule has 72 valence electrons. The number of hydrogen-bond acceptors (Lipinski definition) is 3. The van der Waals surface area contributed by atoms with Gasteiger partial charge in [0.25, 0.3) is 0 Å². The first-order valence-corrected chi connectivity index (χ1v) is 4.33. The molecule has 0 saturated heterocycles. The Balaban J connectivity index is 2.84. The monoisotopic (exact) mass is 181 g/mol. The van der Waals surface area contributed by atoms with Crippen LogP contribution < -0.4 is 5.73 Å². The quantitative estimate of drug-likeness (QED) is 0.653. The molecule has 0 unspecified atom stereocenters. The van der Waals surface area contributed by atoms with Crippen LogP contribution in [0.1, 0.15) is 23.7 Å². The number of aliphatic hydroxyl groups excluding tert-OH is 1. The summed E-state index contributed by atoms with van der Waals surface area (Å²) in [5.41, 5.74) is 6.84. The van der Waals surface area contributed by atoms with E-state index < -0.39 is 6.10 Å². The molecule has 0 amide bonds. The van der Waals surface area contributed by atoms with Crippen molar-refractivity contribution in [1.82, 2.24) is 0 Å². The topological polar surface area (TPSA) is 66.5 Å². The molecular formula is C10H15NO2. The predicted octanol–water partition coefficient (Wildman–Crippen LogP) is 1.08. The molecule has 1 rings (SSSR count). The summed E-state index contributed by atoms with van der Waals surface area (Å²) in [5.74, 6) is 0.216. The minimum atomic E-state index is -0.573. The molecule has 3 nitrogen and oxygen atoms in total. The Morgan fingerprint density at radius 2 is 2.15 bits per heavy atom. The first-order valence-electron chi connectivity index (χ1n) is 4.33. The van der Waals surface area contributed by atoms with Gasteiger partial charge >= 0.3 is 0 Å². The van der Waals surface area contributed by atoms with Gasteiger partial charge in [-0.05, 0) is 37.1 Å². The van der Waals surface area contributed by atoms with Gasteiger partial charge in [-0.1, -0.05) is 12.1 Å². The first kappa shape index (κ1) is 10.0. The molecule has 0 aromatic heterocycles. The Bertz CT molecular complexity index is 286. The number of hydrogen-bond donors (Lipinski definition) is 3. The third kappa shape index (κ3) is 2.44. The molecule has 0 fully saturated rings. The summed E-state index contributed by atoms with van der Waals surface area (Å²) in [4.78, 5) is 0.